The van der Waals surface area contributed by atoms with Gasteiger partial charge in [-0.2, -0.15) is 4.98 Å². The maximum atomic E-state index is 12.7. The number of carbonyl (C=O) groups is 1. The Morgan fingerprint density at radius 1 is 1.28 bits per heavy atom. The lowest BCUT2D eigenvalue weighted by Gasteiger charge is -2.10. The first-order chi connectivity index (χ1) is 12.0. The lowest BCUT2D eigenvalue weighted by atomic mass is 10.1. The van der Waals surface area contributed by atoms with Gasteiger partial charge >= 0.3 is 0 Å². The van der Waals surface area contributed by atoms with E-state index in [9.17, 15) is 4.79 Å². The summed E-state index contributed by atoms with van der Waals surface area (Å²) in [5, 5.41) is 3.16. The van der Waals surface area contributed by atoms with Gasteiger partial charge in [-0.1, -0.05) is 23.2 Å². The summed E-state index contributed by atoms with van der Waals surface area (Å²) in [7, 11) is 1.53. The number of anilines is 1. The van der Waals surface area contributed by atoms with Crippen LogP contribution in [-0.4, -0.2) is 34.6 Å². The van der Waals surface area contributed by atoms with Gasteiger partial charge in [0, 0.05) is 12.4 Å². The van der Waals surface area contributed by atoms with Crippen molar-refractivity contribution in [3.8, 4) is 11.8 Å². The SMILES string of the molecule is CCOc1nc2c(C(=O)Nc3c(Cl)cncc3Cl)ccc(OC)c2[nH]1. The molecule has 0 bridgehead atoms. The number of carbonyl (C=O) groups excluding carboxylic acids is 1. The van der Waals surface area contributed by atoms with E-state index in [0.29, 0.717) is 35.0 Å². The van der Waals surface area contributed by atoms with Gasteiger partial charge in [-0.15, -0.1) is 0 Å². The van der Waals surface area contributed by atoms with Crippen LogP contribution in [0.1, 0.15) is 17.3 Å². The number of hydrogen-bond donors (Lipinski definition) is 2. The highest BCUT2D eigenvalue weighted by atomic mass is 35.5. The van der Waals surface area contributed by atoms with Gasteiger partial charge in [0.1, 0.15) is 16.8 Å². The highest BCUT2D eigenvalue weighted by Crippen LogP contribution is 2.32. The summed E-state index contributed by atoms with van der Waals surface area (Å²) < 4.78 is 10.7. The van der Waals surface area contributed by atoms with Gasteiger partial charge in [0.25, 0.3) is 11.9 Å². The quantitative estimate of drug-likeness (QED) is 0.699. The number of halogens is 2. The third-order valence-electron chi connectivity index (χ3n) is 3.42. The van der Waals surface area contributed by atoms with E-state index in [1.807, 2.05) is 6.92 Å². The molecule has 0 spiro atoms. The lowest BCUT2D eigenvalue weighted by molar-refractivity contribution is 0.102. The Morgan fingerprint density at radius 3 is 2.64 bits per heavy atom. The van der Waals surface area contributed by atoms with E-state index in [2.05, 4.69) is 20.3 Å². The Bertz CT molecular complexity index is 922. The van der Waals surface area contributed by atoms with E-state index in [4.69, 9.17) is 32.7 Å². The van der Waals surface area contributed by atoms with Crippen LogP contribution < -0.4 is 14.8 Å². The van der Waals surface area contributed by atoms with Gasteiger partial charge in [-0.05, 0) is 19.1 Å². The Labute approximate surface area is 153 Å². The Kier molecular flexibility index (Phi) is 4.96. The molecule has 9 heteroatoms. The van der Waals surface area contributed by atoms with E-state index in [0.717, 1.165) is 0 Å². The molecule has 0 unspecified atom stereocenters. The first-order valence-electron chi connectivity index (χ1n) is 7.35. The number of nitrogens with zero attached hydrogens (tertiary/aromatic N) is 2. The number of nitrogens with one attached hydrogen (secondary N) is 2. The monoisotopic (exact) mass is 380 g/mol. The molecule has 3 rings (SSSR count). The van der Waals surface area contributed by atoms with Crippen LogP contribution in [0.3, 0.4) is 0 Å². The van der Waals surface area contributed by atoms with Gasteiger partial charge < -0.3 is 19.8 Å². The molecule has 7 nitrogen and oxygen atoms in total. The first kappa shape index (κ1) is 17.3. The number of methoxy groups -OCH3 is 1. The van der Waals surface area contributed by atoms with Crippen LogP contribution in [0.15, 0.2) is 24.5 Å². The maximum Gasteiger partial charge on any atom is 0.294 e. The zero-order valence-corrected chi connectivity index (χ0v) is 14.9. The second kappa shape index (κ2) is 7.16. The third kappa shape index (κ3) is 3.33. The Morgan fingerprint density at radius 2 is 2.00 bits per heavy atom. The predicted molar refractivity (Wildman–Crippen MR) is 96.0 cm³/mol. The minimum absolute atomic E-state index is 0.239. The molecule has 2 N–H and O–H groups in total. The molecule has 0 aliphatic heterocycles. The molecule has 0 fully saturated rings. The molecular formula is C16H14Cl2N4O3. The number of imidazole rings is 1. The second-order valence-corrected chi connectivity index (χ2v) is 5.76. The van der Waals surface area contributed by atoms with Crippen molar-refractivity contribution < 1.29 is 14.3 Å². The highest BCUT2D eigenvalue weighted by molar-refractivity contribution is 6.39. The average Bonchev–Trinajstić information content (AvgIpc) is 3.01. The van der Waals surface area contributed by atoms with E-state index in [1.54, 1.807) is 12.1 Å². The van der Waals surface area contributed by atoms with Crippen molar-refractivity contribution in [2.45, 2.75) is 6.92 Å². The molecule has 2 heterocycles. The number of fused-ring (bicyclic) bond motifs is 1. The molecule has 0 aliphatic rings. The van der Waals surface area contributed by atoms with E-state index in [-0.39, 0.29) is 15.7 Å². The minimum atomic E-state index is -0.419. The van der Waals surface area contributed by atoms with Crippen molar-refractivity contribution in [1.82, 2.24) is 15.0 Å². The topological polar surface area (TPSA) is 89.1 Å². The van der Waals surface area contributed by atoms with Crippen molar-refractivity contribution in [3.63, 3.8) is 0 Å². The van der Waals surface area contributed by atoms with Crippen molar-refractivity contribution in [1.29, 1.82) is 0 Å². The van der Waals surface area contributed by atoms with Gasteiger partial charge in [0.15, 0.2) is 0 Å². The molecule has 25 heavy (non-hydrogen) atoms. The fourth-order valence-corrected chi connectivity index (χ4v) is 2.78. The summed E-state index contributed by atoms with van der Waals surface area (Å²) in [6.07, 6.45) is 2.79. The summed E-state index contributed by atoms with van der Waals surface area (Å²) in [6.45, 7) is 2.28. The highest BCUT2D eigenvalue weighted by Gasteiger charge is 2.19. The van der Waals surface area contributed by atoms with Crippen LogP contribution >= 0.6 is 23.2 Å². The minimum Gasteiger partial charge on any atom is -0.494 e. The number of rotatable bonds is 5. The van der Waals surface area contributed by atoms with Crippen LogP contribution in [-0.2, 0) is 0 Å². The summed E-state index contributed by atoms with van der Waals surface area (Å²) in [5.41, 5.74) is 1.59. The summed E-state index contributed by atoms with van der Waals surface area (Å²) in [5.74, 6) is 0.127. The molecule has 0 saturated carbocycles. The first-order valence-corrected chi connectivity index (χ1v) is 8.10. The molecule has 130 valence electrons. The molecule has 1 amide bonds. The number of aromatic amines is 1. The predicted octanol–water partition coefficient (Wildman–Crippen LogP) is 3.92. The van der Waals surface area contributed by atoms with Crippen LogP contribution in [0.5, 0.6) is 11.8 Å². The van der Waals surface area contributed by atoms with E-state index >= 15 is 0 Å². The number of ether oxygens (including phenoxy) is 2. The Balaban J connectivity index is 2.04. The molecular weight excluding hydrogens is 367 g/mol. The molecule has 0 radical (unpaired) electrons. The number of benzene rings is 1. The van der Waals surface area contributed by atoms with Crippen molar-refractivity contribution in [3.05, 3.63) is 40.1 Å². The summed E-state index contributed by atoms with van der Waals surface area (Å²) >= 11 is 12.1. The molecule has 0 aliphatic carbocycles. The van der Waals surface area contributed by atoms with Crippen LogP contribution in [0.25, 0.3) is 11.0 Å². The number of H-pyrrole nitrogens is 1. The third-order valence-corrected chi connectivity index (χ3v) is 4.00. The number of pyridine rings is 1. The number of aromatic nitrogens is 3. The Hall–Kier alpha value is -2.51. The van der Waals surface area contributed by atoms with Crippen LogP contribution in [0, 0.1) is 0 Å². The fourth-order valence-electron chi connectivity index (χ4n) is 2.32. The smallest absolute Gasteiger partial charge is 0.294 e. The lowest BCUT2D eigenvalue weighted by Crippen LogP contribution is -2.13. The largest absolute Gasteiger partial charge is 0.494 e. The maximum absolute atomic E-state index is 12.7. The molecule has 0 atom stereocenters. The second-order valence-electron chi connectivity index (χ2n) is 4.95. The molecule has 0 saturated heterocycles. The van der Waals surface area contributed by atoms with Crippen LogP contribution in [0.4, 0.5) is 5.69 Å². The summed E-state index contributed by atoms with van der Waals surface area (Å²) in [6, 6.07) is 3.58. The zero-order valence-electron chi connectivity index (χ0n) is 13.4. The number of amides is 1. The normalized spacial score (nSPS) is 10.7. The summed E-state index contributed by atoms with van der Waals surface area (Å²) in [4.78, 5) is 23.9. The molecule has 1 aromatic carbocycles. The van der Waals surface area contributed by atoms with Gasteiger partial charge in [0.2, 0.25) is 0 Å². The average molecular weight is 381 g/mol. The zero-order chi connectivity index (χ0) is 18.0. The van der Waals surface area contributed by atoms with Crippen molar-refractivity contribution in [2.24, 2.45) is 0 Å². The van der Waals surface area contributed by atoms with Gasteiger partial charge in [-0.25, -0.2) is 0 Å². The molecule has 3 aromatic rings. The van der Waals surface area contributed by atoms with E-state index < -0.39 is 5.91 Å². The van der Waals surface area contributed by atoms with Gasteiger partial charge in [0.05, 0.1) is 35.0 Å². The van der Waals surface area contributed by atoms with Crippen molar-refractivity contribution in [2.75, 3.05) is 19.0 Å². The molecule has 2 aromatic heterocycles. The van der Waals surface area contributed by atoms with Crippen molar-refractivity contribution >= 4 is 45.8 Å². The van der Waals surface area contributed by atoms with Gasteiger partial charge in [-0.3, -0.25) is 9.78 Å². The number of hydrogen-bond acceptors (Lipinski definition) is 5. The van der Waals surface area contributed by atoms with Crippen LogP contribution in [0.2, 0.25) is 10.0 Å². The fraction of sp³-hybridized carbons (Fsp3) is 0.188. The van der Waals surface area contributed by atoms with E-state index in [1.165, 1.54) is 19.5 Å². The standard InChI is InChI=1S/C16H14Cl2N4O3/c1-3-25-16-21-12-8(4-5-11(24-2)14(12)22-16)15(23)20-13-9(17)6-19-7-10(13)18/h4-7H,3H2,1-2H3,(H,21,22)(H,19,20,23).